The van der Waals surface area contributed by atoms with E-state index in [9.17, 15) is 5.11 Å². The Hall–Kier alpha value is -0.530. The molecule has 2 saturated carbocycles. The van der Waals surface area contributed by atoms with Crippen LogP contribution in [0.25, 0.3) is 0 Å². The van der Waals surface area contributed by atoms with Gasteiger partial charge >= 0.3 is 0 Å². The second-order valence-corrected chi connectivity index (χ2v) is 5.72. The Morgan fingerprint density at radius 2 is 1.80 bits per heavy atom. The van der Waals surface area contributed by atoms with Crippen molar-refractivity contribution in [2.75, 3.05) is 0 Å². The molecule has 2 fully saturated rings. The van der Waals surface area contributed by atoms with Gasteiger partial charge in [0, 0.05) is 11.3 Å². The minimum Gasteiger partial charge on any atom is -0.392 e. The van der Waals surface area contributed by atoms with Crippen LogP contribution in [-0.2, 0) is 0 Å². The molecule has 3 aliphatic carbocycles. The van der Waals surface area contributed by atoms with Gasteiger partial charge in [-0.05, 0) is 35.3 Å². The molecular formula is C13H13ClO. The zero-order chi connectivity index (χ0) is 10.2. The third-order valence-electron chi connectivity index (χ3n) is 4.73. The van der Waals surface area contributed by atoms with Crippen LogP contribution in [0, 0.1) is 11.8 Å². The Morgan fingerprint density at radius 1 is 1.13 bits per heavy atom. The summed E-state index contributed by atoms with van der Waals surface area (Å²) >= 11 is 6.30. The number of hydrogen-bond donors (Lipinski definition) is 1. The quantitative estimate of drug-likeness (QED) is 0.666. The number of halogens is 1. The van der Waals surface area contributed by atoms with Gasteiger partial charge in [0.15, 0.2) is 0 Å². The van der Waals surface area contributed by atoms with Gasteiger partial charge in [-0.3, -0.25) is 0 Å². The summed E-state index contributed by atoms with van der Waals surface area (Å²) in [6, 6.07) is 8.61. The highest BCUT2D eigenvalue weighted by atomic mass is 35.5. The van der Waals surface area contributed by atoms with Crippen molar-refractivity contribution in [3.05, 3.63) is 35.4 Å². The molecule has 15 heavy (non-hydrogen) atoms. The highest BCUT2D eigenvalue weighted by molar-refractivity contribution is 6.21. The molecule has 1 N–H and O–H groups in total. The van der Waals surface area contributed by atoms with Crippen molar-refractivity contribution in [2.45, 2.75) is 29.7 Å². The maximum absolute atomic E-state index is 10.2. The zero-order valence-corrected chi connectivity index (χ0v) is 9.06. The second kappa shape index (κ2) is 2.58. The standard InChI is InChI=1S/C13H13ClO/c14-9-5-8-10-6-3-1-2-4-7(6)11(10)12(9)13(8)15/h1-4,8-13,15H,5H2. The van der Waals surface area contributed by atoms with Gasteiger partial charge in [-0.15, -0.1) is 11.6 Å². The Balaban J connectivity index is 1.86. The number of alkyl halides is 1. The van der Waals surface area contributed by atoms with E-state index in [0.29, 0.717) is 23.7 Å². The van der Waals surface area contributed by atoms with Crippen molar-refractivity contribution < 1.29 is 5.11 Å². The summed E-state index contributed by atoms with van der Waals surface area (Å²) in [4.78, 5) is 0. The van der Waals surface area contributed by atoms with E-state index in [1.807, 2.05) is 0 Å². The highest BCUT2D eigenvalue weighted by Crippen LogP contribution is 2.68. The fourth-order valence-corrected chi connectivity index (χ4v) is 4.72. The molecule has 6 unspecified atom stereocenters. The Bertz CT molecular complexity index is 430. The first-order valence-corrected chi connectivity index (χ1v) is 6.13. The van der Waals surface area contributed by atoms with Crippen LogP contribution in [0.3, 0.4) is 0 Å². The number of aliphatic hydroxyl groups excluding tert-OH is 1. The lowest BCUT2D eigenvalue weighted by molar-refractivity contribution is 0.126. The smallest absolute Gasteiger partial charge is 0.0623 e. The summed E-state index contributed by atoms with van der Waals surface area (Å²) in [5.41, 5.74) is 2.91. The van der Waals surface area contributed by atoms with Crippen LogP contribution in [0.15, 0.2) is 24.3 Å². The van der Waals surface area contributed by atoms with Crippen LogP contribution < -0.4 is 0 Å². The predicted octanol–water partition coefficient (Wildman–Crippen LogP) is 2.49. The fourth-order valence-electron chi connectivity index (χ4n) is 4.20. The van der Waals surface area contributed by atoms with Crippen LogP contribution in [0.4, 0.5) is 0 Å². The van der Waals surface area contributed by atoms with Gasteiger partial charge in [0.2, 0.25) is 0 Å². The average Bonchev–Trinajstić information content (AvgIpc) is 2.61. The number of benzene rings is 1. The Morgan fingerprint density at radius 3 is 2.53 bits per heavy atom. The molecule has 6 atom stereocenters. The average molecular weight is 221 g/mol. The van der Waals surface area contributed by atoms with Crippen molar-refractivity contribution >= 4 is 11.6 Å². The minimum absolute atomic E-state index is 0.158. The van der Waals surface area contributed by atoms with E-state index in [0.717, 1.165) is 6.42 Å². The van der Waals surface area contributed by atoms with Crippen LogP contribution in [0.1, 0.15) is 29.4 Å². The molecule has 2 bridgehead atoms. The Kier molecular flexibility index (Phi) is 1.48. The van der Waals surface area contributed by atoms with Gasteiger partial charge in [0.1, 0.15) is 0 Å². The van der Waals surface area contributed by atoms with Crippen LogP contribution in [0.5, 0.6) is 0 Å². The molecule has 1 nitrogen and oxygen atoms in total. The van der Waals surface area contributed by atoms with E-state index < -0.39 is 0 Å². The first-order valence-electron chi connectivity index (χ1n) is 5.70. The first kappa shape index (κ1) is 8.60. The molecular weight excluding hydrogens is 208 g/mol. The summed E-state index contributed by atoms with van der Waals surface area (Å²) in [6.07, 6.45) is 0.845. The largest absolute Gasteiger partial charge is 0.392 e. The van der Waals surface area contributed by atoms with E-state index in [1.165, 1.54) is 11.1 Å². The van der Waals surface area contributed by atoms with Crippen LogP contribution >= 0.6 is 11.6 Å². The SMILES string of the molecule is OC1C2CC(Cl)C1C1c3ccccc3C21. The third kappa shape index (κ3) is 0.821. The lowest BCUT2D eigenvalue weighted by Gasteiger charge is -2.43. The second-order valence-electron chi connectivity index (χ2n) is 5.16. The molecule has 0 spiro atoms. The normalized spacial score (nSPS) is 49.7. The highest BCUT2D eigenvalue weighted by Gasteiger charge is 2.63. The number of aliphatic hydroxyl groups is 1. The monoisotopic (exact) mass is 220 g/mol. The molecule has 0 heterocycles. The number of hydrogen-bond acceptors (Lipinski definition) is 1. The lowest BCUT2D eigenvalue weighted by atomic mass is 9.61. The van der Waals surface area contributed by atoms with E-state index in [1.54, 1.807) is 0 Å². The zero-order valence-electron chi connectivity index (χ0n) is 8.31. The summed E-state index contributed by atoms with van der Waals surface area (Å²) < 4.78 is 0. The minimum atomic E-state index is -0.158. The van der Waals surface area contributed by atoms with Crippen molar-refractivity contribution in [1.29, 1.82) is 0 Å². The summed E-state index contributed by atoms with van der Waals surface area (Å²) in [5.74, 6) is 1.91. The fraction of sp³-hybridized carbons (Fsp3) is 0.538. The molecule has 4 rings (SSSR count). The molecule has 78 valence electrons. The van der Waals surface area contributed by atoms with Gasteiger partial charge in [-0.25, -0.2) is 0 Å². The van der Waals surface area contributed by atoms with Gasteiger partial charge < -0.3 is 5.11 Å². The molecule has 3 aliphatic rings. The summed E-state index contributed by atoms with van der Waals surface area (Å²) in [7, 11) is 0. The summed E-state index contributed by atoms with van der Waals surface area (Å²) in [5, 5.41) is 10.4. The number of rotatable bonds is 0. The maximum Gasteiger partial charge on any atom is 0.0623 e. The van der Waals surface area contributed by atoms with Crippen molar-refractivity contribution in [1.82, 2.24) is 0 Å². The maximum atomic E-state index is 10.2. The van der Waals surface area contributed by atoms with Gasteiger partial charge in [-0.2, -0.15) is 0 Å². The van der Waals surface area contributed by atoms with Gasteiger partial charge in [-0.1, -0.05) is 24.3 Å². The molecule has 0 aromatic heterocycles. The molecule has 0 saturated heterocycles. The van der Waals surface area contributed by atoms with Crippen LogP contribution in [-0.4, -0.2) is 16.6 Å². The predicted molar refractivity (Wildman–Crippen MR) is 59.2 cm³/mol. The molecule has 1 aromatic rings. The Labute approximate surface area is 94.1 Å². The first-order chi connectivity index (χ1) is 7.29. The van der Waals surface area contributed by atoms with Crippen molar-refractivity contribution in [3.63, 3.8) is 0 Å². The van der Waals surface area contributed by atoms with E-state index >= 15 is 0 Å². The van der Waals surface area contributed by atoms with Crippen molar-refractivity contribution in [3.8, 4) is 0 Å². The number of fused-ring (bicyclic) bond motifs is 8. The molecule has 0 amide bonds. The van der Waals surface area contributed by atoms with E-state index in [4.69, 9.17) is 11.6 Å². The molecule has 0 aliphatic heterocycles. The van der Waals surface area contributed by atoms with Gasteiger partial charge in [0.25, 0.3) is 0 Å². The topological polar surface area (TPSA) is 20.2 Å². The lowest BCUT2D eigenvalue weighted by Crippen LogP contribution is -2.34. The third-order valence-corrected chi connectivity index (χ3v) is 5.19. The van der Waals surface area contributed by atoms with Gasteiger partial charge in [0.05, 0.1) is 6.10 Å². The van der Waals surface area contributed by atoms with Crippen LogP contribution in [0.2, 0.25) is 0 Å². The molecule has 2 heteroatoms. The summed E-state index contributed by atoms with van der Waals surface area (Å²) in [6.45, 7) is 0. The molecule has 0 radical (unpaired) electrons. The van der Waals surface area contributed by atoms with E-state index in [2.05, 4.69) is 24.3 Å². The van der Waals surface area contributed by atoms with E-state index in [-0.39, 0.29) is 11.5 Å². The molecule has 1 aromatic carbocycles. The van der Waals surface area contributed by atoms with Crippen molar-refractivity contribution in [2.24, 2.45) is 11.8 Å².